The van der Waals surface area contributed by atoms with Crippen molar-refractivity contribution in [3.05, 3.63) is 0 Å². The van der Waals surface area contributed by atoms with Gasteiger partial charge in [0.05, 0.1) is 18.3 Å². The number of unbranched alkanes of at least 4 members (excludes halogenated alkanes) is 1. The van der Waals surface area contributed by atoms with Crippen LogP contribution >= 0.6 is 0 Å². The lowest BCUT2D eigenvalue weighted by atomic mass is 10.0. The van der Waals surface area contributed by atoms with Gasteiger partial charge in [-0.1, -0.05) is 6.42 Å². The van der Waals surface area contributed by atoms with Crippen LogP contribution in [0.5, 0.6) is 0 Å². The van der Waals surface area contributed by atoms with Crippen molar-refractivity contribution in [2.24, 2.45) is 0 Å². The predicted molar refractivity (Wildman–Crippen MR) is 67.6 cm³/mol. The van der Waals surface area contributed by atoms with E-state index in [1.165, 1.54) is 0 Å². The van der Waals surface area contributed by atoms with Crippen molar-refractivity contribution >= 4 is 5.97 Å². The Kier molecular flexibility index (Phi) is 6.71. The van der Waals surface area contributed by atoms with Crippen LogP contribution < -0.4 is 0 Å². The van der Waals surface area contributed by atoms with Gasteiger partial charge < -0.3 is 24.8 Å². The van der Waals surface area contributed by atoms with E-state index >= 15 is 0 Å². The van der Waals surface area contributed by atoms with Gasteiger partial charge in [-0.3, -0.25) is 4.79 Å². The highest BCUT2D eigenvalue weighted by Crippen LogP contribution is 2.23. The number of rotatable bonds is 7. The molecular formula is C13H24O6. The second-order valence-corrected chi connectivity index (χ2v) is 5.17. The average molecular weight is 276 g/mol. The molecule has 0 aliphatic carbocycles. The quantitative estimate of drug-likeness (QED) is 0.598. The number of hydrogen-bond acceptors (Lipinski definition) is 5. The van der Waals surface area contributed by atoms with Crippen molar-refractivity contribution in [3.63, 3.8) is 0 Å². The van der Waals surface area contributed by atoms with Crippen molar-refractivity contribution in [3.8, 4) is 0 Å². The van der Waals surface area contributed by atoms with Crippen molar-refractivity contribution < 1.29 is 29.6 Å². The summed E-state index contributed by atoms with van der Waals surface area (Å²) in [6.45, 7) is 3.61. The van der Waals surface area contributed by atoms with Gasteiger partial charge >= 0.3 is 5.97 Å². The Morgan fingerprint density at radius 2 is 2.05 bits per heavy atom. The first kappa shape index (κ1) is 16.4. The van der Waals surface area contributed by atoms with Crippen LogP contribution in [-0.4, -0.2) is 52.0 Å². The third kappa shape index (κ3) is 5.86. The lowest BCUT2D eigenvalue weighted by molar-refractivity contribution is -0.273. The molecule has 3 N–H and O–H groups in total. The van der Waals surface area contributed by atoms with E-state index in [0.717, 1.165) is 12.8 Å². The standard InChI is InChI=1S/C13H24O6/c1-8(5-3-4-6-12(16)17)18-13-11(15)7-10(14)9(2)19-13/h8-11,13-15H,3-7H2,1-2H3,(H,16,17)/t8-,9?,10-,11+,13?/m1/s1. The topological polar surface area (TPSA) is 96.2 Å². The summed E-state index contributed by atoms with van der Waals surface area (Å²) in [6, 6.07) is 0. The van der Waals surface area contributed by atoms with Crippen LogP contribution in [0.3, 0.4) is 0 Å². The second-order valence-electron chi connectivity index (χ2n) is 5.17. The van der Waals surface area contributed by atoms with E-state index in [0.29, 0.717) is 6.42 Å². The molecule has 1 aliphatic rings. The smallest absolute Gasteiger partial charge is 0.303 e. The van der Waals surface area contributed by atoms with Crippen LogP contribution in [0.15, 0.2) is 0 Å². The minimum absolute atomic E-state index is 0.115. The van der Waals surface area contributed by atoms with Crippen molar-refractivity contribution in [2.75, 3.05) is 0 Å². The number of carbonyl (C=O) groups is 1. The number of carboxylic acids is 1. The Hall–Kier alpha value is -0.690. The third-order valence-electron chi connectivity index (χ3n) is 3.31. The Bertz CT molecular complexity index is 282. The minimum Gasteiger partial charge on any atom is -0.481 e. The molecule has 1 saturated heterocycles. The summed E-state index contributed by atoms with van der Waals surface area (Å²) in [4.78, 5) is 10.4. The highest BCUT2D eigenvalue weighted by molar-refractivity contribution is 5.66. The zero-order valence-corrected chi connectivity index (χ0v) is 11.5. The molecule has 0 aromatic carbocycles. The summed E-state index contributed by atoms with van der Waals surface area (Å²) in [5.74, 6) is -0.789. The number of ether oxygens (including phenoxy) is 2. The molecule has 0 radical (unpaired) electrons. The lowest BCUT2D eigenvalue weighted by Gasteiger charge is -2.36. The molecule has 6 nitrogen and oxygen atoms in total. The van der Waals surface area contributed by atoms with E-state index < -0.39 is 24.5 Å². The fourth-order valence-electron chi connectivity index (χ4n) is 2.07. The van der Waals surface area contributed by atoms with E-state index in [4.69, 9.17) is 14.6 Å². The Labute approximate surface area is 113 Å². The molecule has 5 atom stereocenters. The van der Waals surface area contributed by atoms with Crippen LogP contribution in [0.2, 0.25) is 0 Å². The van der Waals surface area contributed by atoms with Gasteiger partial charge in [0.1, 0.15) is 6.10 Å². The maximum atomic E-state index is 10.4. The van der Waals surface area contributed by atoms with E-state index in [9.17, 15) is 15.0 Å². The molecule has 1 fully saturated rings. The van der Waals surface area contributed by atoms with Crippen molar-refractivity contribution in [2.45, 2.75) is 76.7 Å². The SMILES string of the molecule is CC1OC(O[C@H](C)CCCCC(=O)O)[C@@H](O)C[C@H]1O. The van der Waals surface area contributed by atoms with Gasteiger partial charge in [-0.15, -0.1) is 0 Å². The molecule has 6 heteroatoms. The predicted octanol–water partition coefficient (Wildman–Crippen LogP) is 0.893. The second kappa shape index (κ2) is 7.79. The van der Waals surface area contributed by atoms with Crippen molar-refractivity contribution in [1.82, 2.24) is 0 Å². The monoisotopic (exact) mass is 276 g/mol. The molecule has 112 valence electrons. The molecule has 1 rings (SSSR count). The summed E-state index contributed by atoms with van der Waals surface area (Å²) in [6.07, 6.45) is -0.169. The summed E-state index contributed by atoms with van der Waals surface area (Å²) in [7, 11) is 0. The Morgan fingerprint density at radius 3 is 2.68 bits per heavy atom. The third-order valence-corrected chi connectivity index (χ3v) is 3.31. The molecule has 0 amide bonds. The first-order valence-corrected chi connectivity index (χ1v) is 6.79. The maximum absolute atomic E-state index is 10.4. The molecule has 0 aromatic rings. The van der Waals surface area contributed by atoms with Gasteiger partial charge in [0.25, 0.3) is 0 Å². The van der Waals surface area contributed by atoms with Gasteiger partial charge in [0.15, 0.2) is 6.29 Å². The Balaban J connectivity index is 2.23. The normalized spacial score (nSPS) is 33.1. The molecule has 0 aromatic heterocycles. The van der Waals surface area contributed by atoms with Gasteiger partial charge in [0, 0.05) is 12.8 Å². The first-order valence-electron chi connectivity index (χ1n) is 6.79. The lowest BCUT2D eigenvalue weighted by Crippen LogP contribution is -2.48. The number of hydrogen-bond donors (Lipinski definition) is 3. The molecule has 1 aliphatic heterocycles. The number of aliphatic hydroxyl groups excluding tert-OH is 2. The van der Waals surface area contributed by atoms with E-state index in [2.05, 4.69) is 0 Å². The highest BCUT2D eigenvalue weighted by Gasteiger charge is 2.35. The van der Waals surface area contributed by atoms with Crippen LogP contribution in [0.1, 0.15) is 46.0 Å². The number of carboxylic acid groups (broad SMARTS) is 1. The van der Waals surface area contributed by atoms with Gasteiger partial charge in [-0.25, -0.2) is 0 Å². The van der Waals surface area contributed by atoms with Gasteiger partial charge in [-0.2, -0.15) is 0 Å². The fraction of sp³-hybridized carbons (Fsp3) is 0.923. The molecule has 2 unspecified atom stereocenters. The Morgan fingerprint density at radius 1 is 1.37 bits per heavy atom. The molecule has 19 heavy (non-hydrogen) atoms. The van der Waals surface area contributed by atoms with Crippen LogP contribution in [0.25, 0.3) is 0 Å². The molecule has 0 spiro atoms. The molecule has 1 heterocycles. The summed E-state index contributed by atoms with van der Waals surface area (Å²) < 4.78 is 11.0. The fourth-order valence-corrected chi connectivity index (χ4v) is 2.07. The van der Waals surface area contributed by atoms with E-state index in [-0.39, 0.29) is 25.0 Å². The maximum Gasteiger partial charge on any atom is 0.303 e. The number of aliphatic hydroxyl groups is 2. The van der Waals surface area contributed by atoms with Crippen LogP contribution in [0.4, 0.5) is 0 Å². The first-order chi connectivity index (χ1) is 8.90. The summed E-state index contributed by atoms with van der Waals surface area (Å²) in [5.41, 5.74) is 0. The summed E-state index contributed by atoms with van der Waals surface area (Å²) in [5, 5.41) is 27.8. The average Bonchev–Trinajstić information content (AvgIpc) is 2.31. The molecular weight excluding hydrogens is 252 g/mol. The summed E-state index contributed by atoms with van der Waals surface area (Å²) >= 11 is 0. The van der Waals surface area contributed by atoms with E-state index in [1.54, 1.807) is 6.92 Å². The highest BCUT2D eigenvalue weighted by atomic mass is 16.7. The molecule has 0 saturated carbocycles. The van der Waals surface area contributed by atoms with Gasteiger partial charge in [-0.05, 0) is 26.7 Å². The minimum atomic E-state index is -0.826. The zero-order chi connectivity index (χ0) is 14.4. The van der Waals surface area contributed by atoms with Gasteiger partial charge in [0.2, 0.25) is 0 Å². The largest absolute Gasteiger partial charge is 0.481 e. The molecule has 0 bridgehead atoms. The van der Waals surface area contributed by atoms with Crippen molar-refractivity contribution in [1.29, 1.82) is 0 Å². The van der Waals surface area contributed by atoms with Crippen LogP contribution in [0, 0.1) is 0 Å². The zero-order valence-electron chi connectivity index (χ0n) is 11.5. The van der Waals surface area contributed by atoms with Crippen LogP contribution in [-0.2, 0) is 14.3 Å². The number of aliphatic carboxylic acids is 1. The van der Waals surface area contributed by atoms with E-state index in [1.807, 2.05) is 6.92 Å².